The minimum atomic E-state index is -0.113. The van der Waals surface area contributed by atoms with Gasteiger partial charge in [-0.25, -0.2) is 4.68 Å². The van der Waals surface area contributed by atoms with Crippen LogP contribution in [0.15, 0.2) is 48.5 Å². The highest BCUT2D eigenvalue weighted by molar-refractivity contribution is 5.88. The van der Waals surface area contributed by atoms with E-state index in [4.69, 9.17) is 9.47 Å². The second-order valence-electron chi connectivity index (χ2n) is 6.07. The van der Waals surface area contributed by atoms with Gasteiger partial charge >= 0.3 is 6.01 Å². The van der Waals surface area contributed by atoms with Gasteiger partial charge in [0.15, 0.2) is 5.82 Å². The Kier molecular flexibility index (Phi) is 5.83. The van der Waals surface area contributed by atoms with Crippen LogP contribution in [0.2, 0.25) is 0 Å². The second kappa shape index (κ2) is 8.46. The number of carbonyl (C=O) groups is 1. The first-order chi connectivity index (χ1) is 13.1. The van der Waals surface area contributed by atoms with Crippen molar-refractivity contribution in [2.75, 3.05) is 25.6 Å². The molecule has 0 saturated heterocycles. The molecule has 7 nitrogen and oxygen atoms in total. The van der Waals surface area contributed by atoms with E-state index in [9.17, 15) is 4.79 Å². The van der Waals surface area contributed by atoms with Gasteiger partial charge < -0.3 is 14.8 Å². The van der Waals surface area contributed by atoms with E-state index < -0.39 is 0 Å². The van der Waals surface area contributed by atoms with Crippen LogP contribution in [0, 0.1) is 6.92 Å². The van der Waals surface area contributed by atoms with Crippen molar-refractivity contribution < 1.29 is 14.3 Å². The first kappa shape index (κ1) is 18.6. The van der Waals surface area contributed by atoms with Crippen molar-refractivity contribution in [2.24, 2.45) is 0 Å². The molecule has 0 spiro atoms. The van der Waals surface area contributed by atoms with Gasteiger partial charge in [0, 0.05) is 25.3 Å². The molecule has 140 valence electrons. The number of carbonyl (C=O) groups excluding carboxylic acids is 1. The van der Waals surface area contributed by atoms with Crippen molar-refractivity contribution in [3.63, 3.8) is 0 Å². The number of benzene rings is 2. The minimum Gasteiger partial charge on any atom is -0.460 e. The van der Waals surface area contributed by atoms with Gasteiger partial charge in [0.2, 0.25) is 5.91 Å². The van der Waals surface area contributed by atoms with Crippen LogP contribution in [-0.2, 0) is 9.53 Å². The van der Waals surface area contributed by atoms with Gasteiger partial charge in [0.05, 0.1) is 12.3 Å². The Morgan fingerprint density at radius 2 is 1.78 bits per heavy atom. The Morgan fingerprint density at radius 3 is 2.41 bits per heavy atom. The van der Waals surface area contributed by atoms with Gasteiger partial charge in [-0.1, -0.05) is 29.8 Å². The van der Waals surface area contributed by atoms with Gasteiger partial charge in [-0.2, -0.15) is 4.98 Å². The molecule has 0 saturated carbocycles. The van der Waals surface area contributed by atoms with Crippen molar-refractivity contribution in [2.45, 2.75) is 13.8 Å². The molecular weight excluding hydrogens is 344 g/mol. The van der Waals surface area contributed by atoms with Crippen molar-refractivity contribution >= 4 is 11.6 Å². The summed E-state index contributed by atoms with van der Waals surface area (Å²) in [5, 5.41) is 7.23. The highest BCUT2D eigenvalue weighted by atomic mass is 16.5. The average molecular weight is 366 g/mol. The molecule has 0 bridgehead atoms. The molecule has 1 amide bonds. The highest BCUT2D eigenvalue weighted by Gasteiger charge is 2.15. The zero-order valence-corrected chi connectivity index (χ0v) is 15.6. The molecule has 0 atom stereocenters. The van der Waals surface area contributed by atoms with Crippen LogP contribution in [0.1, 0.15) is 12.5 Å². The number of hydrogen-bond donors (Lipinski definition) is 1. The maximum absolute atomic E-state index is 11.2. The Balaban J connectivity index is 1.96. The van der Waals surface area contributed by atoms with Crippen molar-refractivity contribution in [3.8, 4) is 23.1 Å². The summed E-state index contributed by atoms with van der Waals surface area (Å²) in [5.74, 6) is 0.562. The van der Waals surface area contributed by atoms with E-state index in [-0.39, 0.29) is 11.9 Å². The Labute approximate surface area is 158 Å². The third-order valence-corrected chi connectivity index (χ3v) is 3.85. The van der Waals surface area contributed by atoms with E-state index in [1.807, 2.05) is 55.5 Å². The summed E-state index contributed by atoms with van der Waals surface area (Å²) in [7, 11) is 1.61. The largest absolute Gasteiger partial charge is 0.460 e. The molecule has 0 aliphatic rings. The van der Waals surface area contributed by atoms with Crippen LogP contribution < -0.4 is 10.1 Å². The molecule has 0 unspecified atom stereocenters. The Bertz CT molecular complexity index is 902. The van der Waals surface area contributed by atoms with Gasteiger partial charge in [-0.05, 0) is 31.2 Å². The molecule has 0 aliphatic carbocycles. The molecule has 0 aliphatic heterocycles. The van der Waals surface area contributed by atoms with Crippen molar-refractivity contribution in [3.05, 3.63) is 54.1 Å². The zero-order valence-electron chi connectivity index (χ0n) is 15.6. The van der Waals surface area contributed by atoms with E-state index in [2.05, 4.69) is 15.4 Å². The molecule has 3 aromatic rings. The molecule has 1 heterocycles. The SMILES string of the molecule is COCCOc1nc(-c2ccc(C)cc2)n(-c2ccc(NC(C)=O)cc2)n1. The van der Waals surface area contributed by atoms with E-state index >= 15 is 0 Å². The molecule has 3 rings (SSSR count). The topological polar surface area (TPSA) is 78.3 Å². The van der Waals surface area contributed by atoms with E-state index in [1.165, 1.54) is 12.5 Å². The van der Waals surface area contributed by atoms with E-state index in [0.29, 0.717) is 19.0 Å². The molecule has 2 aromatic carbocycles. The summed E-state index contributed by atoms with van der Waals surface area (Å²) >= 11 is 0. The van der Waals surface area contributed by atoms with Crippen LogP contribution >= 0.6 is 0 Å². The highest BCUT2D eigenvalue weighted by Crippen LogP contribution is 2.24. The predicted molar refractivity (Wildman–Crippen MR) is 103 cm³/mol. The van der Waals surface area contributed by atoms with Crippen LogP contribution in [0.3, 0.4) is 0 Å². The molecule has 27 heavy (non-hydrogen) atoms. The molecular formula is C20H22N4O3. The average Bonchev–Trinajstić information content (AvgIpc) is 3.07. The van der Waals surface area contributed by atoms with Crippen LogP contribution in [-0.4, -0.2) is 41.0 Å². The number of amides is 1. The van der Waals surface area contributed by atoms with Crippen molar-refractivity contribution in [1.29, 1.82) is 0 Å². The monoisotopic (exact) mass is 366 g/mol. The molecule has 7 heteroatoms. The third-order valence-electron chi connectivity index (χ3n) is 3.85. The fourth-order valence-electron chi connectivity index (χ4n) is 2.53. The van der Waals surface area contributed by atoms with Crippen LogP contribution in [0.4, 0.5) is 5.69 Å². The normalized spacial score (nSPS) is 10.6. The number of aromatic nitrogens is 3. The number of ether oxygens (including phenoxy) is 2. The summed E-state index contributed by atoms with van der Waals surface area (Å²) in [5.41, 5.74) is 3.63. The minimum absolute atomic E-state index is 0.113. The van der Waals surface area contributed by atoms with Gasteiger partial charge in [0.25, 0.3) is 0 Å². The number of hydrogen-bond acceptors (Lipinski definition) is 5. The van der Waals surface area contributed by atoms with E-state index in [0.717, 1.165) is 16.9 Å². The second-order valence-corrected chi connectivity index (χ2v) is 6.07. The lowest BCUT2D eigenvalue weighted by Crippen LogP contribution is -2.06. The summed E-state index contributed by atoms with van der Waals surface area (Å²) in [6.07, 6.45) is 0. The van der Waals surface area contributed by atoms with Crippen LogP contribution in [0.25, 0.3) is 17.1 Å². The fourth-order valence-corrected chi connectivity index (χ4v) is 2.53. The molecule has 1 N–H and O–H groups in total. The Morgan fingerprint density at radius 1 is 1.07 bits per heavy atom. The number of aryl methyl sites for hydroxylation is 1. The number of methoxy groups -OCH3 is 1. The lowest BCUT2D eigenvalue weighted by Gasteiger charge is -2.07. The van der Waals surface area contributed by atoms with Crippen LogP contribution in [0.5, 0.6) is 6.01 Å². The quantitative estimate of drug-likeness (QED) is 0.650. The first-order valence-corrected chi connectivity index (χ1v) is 8.60. The van der Waals surface area contributed by atoms with Gasteiger partial charge in [-0.15, -0.1) is 5.10 Å². The summed E-state index contributed by atoms with van der Waals surface area (Å²) in [4.78, 5) is 15.7. The van der Waals surface area contributed by atoms with E-state index in [1.54, 1.807) is 11.8 Å². The standard InChI is InChI=1S/C20H22N4O3/c1-14-4-6-16(7-5-14)19-22-20(27-13-12-26-3)23-24(19)18-10-8-17(9-11-18)21-15(2)25/h4-11H,12-13H2,1-3H3,(H,21,25). The maximum atomic E-state index is 11.2. The first-order valence-electron chi connectivity index (χ1n) is 8.60. The predicted octanol–water partition coefficient (Wildman–Crippen LogP) is 3.23. The molecule has 0 fully saturated rings. The number of anilines is 1. The number of nitrogens with one attached hydrogen (secondary N) is 1. The maximum Gasteiger partial charge on any atom is 0.336 e. The lowest BCUT2D eigenvalue weighted by molar-refractivity contribution is -0.114. The number of nitrogens with zero attached hydrogens (tertiary/aromatic N) is 3. The zero-order chi connectivity index (χ0) is 19.2. The Hall–Kier alpha value is -3.19. The lowest BCUT2D eigenvalue weighted by atomic mass is 10.1. The molecule has 1 aromatic heterocycles. The van der Waals surface area contributed by atoms with Crippen molar-refractivity contribution in [1.82, 2.24) is 14.8 Å². The summed E-state index contributed by atoms with van der Waals surface area (Å²) in [6, 6.07) is 15.7. The fraction of sp³-hybridized carbons (Fsp3) is 0.250. The third kappa shape index (κ3) is 4.71. The number of rotatable bonds is 7. The van der Waals surface area contributed by atoms with Gasteiger partial charge in [0.1, 0.15) is 6.61 Å². The summed E-state index contributed by atoms with van der Waals surface area (Å²) < 4.78 is 12.3. The van der Waals surface area contributed by atoms with Gasteiger partial charge in [-0.3, -0.25) is 4.79 Å². The smallest absolute Gasteiger partial charge is 0.336 e. The summed E-state index contributed by atoms with van der Waals surface area (Å²) in [6.45, 7) is 4.34. The molecule has 0 radical (unpaired) electrons.